The Morgan fingerprint density at radius 1 is 1.00 bits per heavy atom. The zero-order valence-corrected chi connectivity index (χ0v) is 17.2. The lowest BCUT2D eigenvalue weighted by atomic mass is 9.85. The SMILES string of the molecule is CCCCc1cc(-c2c3c(cc4c2CCCCC4)C=C(C)C3)ccc1OC. The normalized spacial score (nSPS) is 15.7. The van der Waals surface area contributed by atoms with Gasteiger partial charge in [0.2, 0.25) is 0 Å². The molecule has 0 heterocycles. The number of allylic oxidation sites excluding steroid dienone is 1. The number of hydrogen-bond donors (Lipinski definition) is 0. The number of rotatable bonds is 5. The summed E-state index contributed by atoms with van der Waals surface area (Å²) >= 11 is 0. The lowest BCUT2D eigenvalue weighted by Gasteiger charge is -2.20. The van der Waals surface area contributed by atoms with E-state index in [4.69, 9.17) is 4.74 Å². The molecule has 0 atom stereocenters. The van der Waals surface area contributed by atoms with Crippen LogP contribution in [0.25, 0.3) is 17.2 Å². The van der Waals surface area contributed by atoms with E-state index < -0.39 is 0 Å². The Hall–Kier alpha value is -2.02. The van der Waals surface area contributed by atoms with Gasteiger partial charge in [-0.15, -0.1) is 0 Å². The summed E-state index contributed by atoms with van der Waals surface area (Å²) in [6.45, 7) is 4.53. The molecule has 4 rings (SSSR count). The molecule has 2 aliphatic carbocycles. The Morgan fingerprint density at radius 3 is 2.67 bits per heavy atom. The summed E-state index contributed by atoms with van der Waals surface area (Å²) in [6.07, 6.45) is 13.5. The highest BCUT2D eigenvalue weighted by Crippen LogP contribution is 2.41. The van der Waals surface area contributed by atoms with Crippen LogP contribution >= 0.6 is 0 Å². The Bertz CT molecular complexity index is 872. The van der Waals surface area contributed by atoms with Crippen LogP contribution in [-0.4, -0.2) is 7.11 Å². The molecule has 1 nitrogen and oxygen atoms in total. The second-order valence-electron chi connectivity index (χ2n) is 8.32. The molecule has 0 N–H and O–H groups in total. The van der Waals surface area contributed by atoms with E-state index in [1.54, 1.807) is 23.8 Å². The predicted octanol–water partition coefficient (Wildman–Crippen LogP) is 6.93. The van der Waals surface area contributed by atoms with Crippen LogP contribution < -0.4 is 4.74 Å². The van der Waals surface area contributed by atoms with E-state index in [0.29, 0.717) is 0 Å². The Kier molecular flexibility index (Phi) is 5.38. The molecular formula is C26H32O. The van der Waals surface area contributed by atoms with Crippen LogP contribution in [0.4, 0.5) is 0 Å². The fraction of sp³-hybridized carbons (Fsp3) is 0.462. The number of ether oxygens (including phenoxy) is 1. The van der Waals surface area contributed by atoms with E-state index in [0.717, 1.165) is 18.6 Å². The molecule has 0 aliphatic heterocycles. The number of hydrogen-bond acceptors (Lipinski definition) is 1. The predicted molar refractivity (Wildman–Crippen MR) is 116 cm³/mol. The molecule has 142 valence electrons. The van der Waals surface area contributed by atoms with Crippen molar-refractivity contribution in [2.45, 2.75) is 71.6 Å². The van der Waals surface area contributed by atoms with Gasteiger partial charge in [0.05, 0.1) is 7.11 Å². The highest BCUT2D eigenvalue weighted by Gasteiger charge is 2.23. The van der Waals surface area contributed by atoms with Crippen molar-refractivity contribution < 1.29 is 4.74 Å². The van der Waals surface area contributed by atoms with Gasteiger partial charge in [0.25, 0.3) is 0 Å². The van der Waals surface area contributed by atoms with Crippen molar-refractivity contribution in [2.75, 3.05) is 7.11 Å². The third-order valence-electron chi connectivity index (χ3n) is 6.27. The molecule has 1 heteroatoms. The number of unbranched alkanes of at least 4 members (excludes halogenated alkanes) is 1. The van der Waals surface area contributed by atoms with E-state index in [-0.39, 0.29) is 0 Å². The van der Waals surface area contributed by atoms with Crippen molar-refractivity contribution in [1.82, 2.24) is 0 Å². The molecule has 0 bridgehead atoms. The van der Waals surface area contributed by atoms with Gasteiger partial charge >= 0.3 is 0 Å². The third-order valence-corrected chi connectivity index (χ3v) is 6.27. The first kappa shape index (κ1) is 18.3. The topological polar surface area (TPSA) is 9.23 Å². The van der Waals surface area contributed by atoms with Gasteiger partial charge in [0.1, 0.15) is 5.75 Å². The van der Waals surface area contributed by atoms with Crippen LogP contribution in [0.1, 0.15) is 73.8 Å². The van der Waals surface area contributed by atoms with Gasteiger partial charge in [-0.3, -0.25) is 0 Å². The third kappa shape index (κ3) is 3.57. The van der Waals surface area contributed by atoms with E-state index >= 15 is 0 Å². The summed E-state index contributed by atoms with van der Waals surface area (Å²) < 4.78 is 5.67. The molecule has 2 aliphatic rings. The smallest absolute Gasteiger partial charge is 0.122 e. The second-order valence-corrected chi connectivity index (χ2v) is 8.32. The standard InChI is InChI=1S/C26H32O/c1-4-5-9-20-17-21(12-13-25(20)27-3)26-23-11-8-6-7-10-19(23)16-22-14-18(2)15-24(22)26/h12-14,16-17H,4-11,15H2,1-3H3. The van der Waals surface area contributed by atoms with Crippen LogP contribution in [-0.2, 0) is 25.7 Å². The molecule has 0 saturated carbocycles. The van der Waals surface area contributed by atoms with E-state index in [1.807, 2.05) is 0 Å². The molecule has 2 aromatic carbocycles. The molecule has 0 fully saturated rings. The summed E-state index contributed by atoms with van der Waals surface area (Å²) in [5.41, 5.74) is 12.0. The van der Waals surface area contributed by atoms with Crippen molar-refractivity contribution in [1.29, 1.82) is 0 Å². The molecule has 0 saturated heterocycles. The first-order valence-corrected chi connectivity index (χ1v) is 10.7. The molecule has 0 unspecified atom stereocenters. The van der Waals surface area contributed by atoms with Crippen molar-refractivity contribution in [3.05, 3.63) is 57.7 Å². The number of methoxy groups -OCH3 is 1. The number of fused-ring (bicyclic) bond motifs is 2. The van der Waals surface area contributed by atoms with Gasteiger partial charge in [-0.1, -0.05) is 43.5 Å². The first-order chi connectivity index (χ1) is 13.2. The zero-order chi connectivity index (χ0) is 18.8. The lowest BCUT2D eigenvalue weighted by molar-refractivity contribution is 0.409. The van der Waals surface area contributed by atoms with Gasteiger partial charge < -0.3 is 4.74 Å². The van der Waals surface area contributed by atoms with E-state index in [2.05, 4.69) is 44.2 Å². The first-order valence-electron chi connectivity index (χ1n) is 10.7. The van der Waals surface area contributed by atoms with Crippen molar-refractivity contribution in [3.8, 4) is 16.9 Å². The van der Waals surface area contributed by atoms with Gasteiger partial charge in [-0.2, -0.15) is 0 Å². The van der Waals surface area contributed by atoms with Crippen LogP contribution in [0.5, 0.6) is 5.75 Å². The van der Waals surface area contributed by atoms with Crippen molar-refractivity contribution in [3.63, 3.8) is 0 Å². The van der Waals surface area contributed by atoms with Crippen molar-refractivity contribution in [2.24, 2.45) is 0 Å². The van der Waals surface area contributed by atoms with Gasteiger partial charge in [0.15, 0.2) is 0 Å². The largest absolute Gasteiger partial charge is 0.496 e. The van der Waals surface area contributed by atoms with Crippen LogP contribution in [0.2, 0.25) is 0 Å². The summed E-state index contributed by atoms with van der Waals surface area (Å²) in [7, 11) is 1.80. The number of aryl methyl sites for hydroxylation is 2. The maximum absolute atomic E-state index is 5.67. The second kappa shape index (κ2) is 7.92. The van der Waals surface area contributed by atoms with Gasteiger partial charge in [-0.25, -0.2) is 0 Å². The Labute approximate surface area is 164 Å². The van der Waals surface area contributed by atoms with Gasteiger partial charge in [0, 0.05) is 0 Å². The highest BCUT2D eigenvalue weighted by atomic mass is 16.5. The molecule has 0 amide bonds. The quantitative estimate of drug-likeness (QED) is 0.525. The highest BCUT2D eigenvalue weighted by molar-refractivity contribution is 5.81. The summed E-state index contributed by atoms with van der Waals surface area (Å²) in [6, 6.07) is 9.40. The van der Waals surface area contributed by atoms with E-state index in [9.17, 15) is 0 Å². The maximum atomic E-state index is 5.67. The van der Waals surface area contributed by atoms with Crippen LogP contribution in [0.3, 0.4) is 0 Å². The maximum Gasteiger partial charge on any atom is 0.122 e. The minimum atomic E-state index is 1.04. The lowest BCUT2D eigenvalue weighted by Crippen LogP contribution is -2.02. The Morgan fingerprint density at radius 2 is 1.85 bits per heavy atom. The minimum Gasteiger partial charge on any atom is -0.496 e. The van der Waals surface area contributed by atoms with Crippen LogP contribution in [0.15, 0.2) is 29.8 Å². The van der Waals surface area contributed by atoms with Crippen molar-refractivity contribution >= 4 is 6.08 Å². The average Bonchev–Trinajstić information content (AvgIpc) is 2.89. The Balaban J connectivity index is 1.88. The summed E-state index contributed by atoms with van der Waals surface area (Å²) in [5, 5.41) is 0. The molecule has 0 aromatic heterocycles. The summed E-state index contributed by atoms with van der Waals surface area (Å²) in [4.78, 5) is 0. The minimum absolute atomic E-state index is 1.04. The zero-order valence-electron chi connectivity index (χ0n) is 17.2. The molecular weight excluding hydrogens is 328 g/mol. The monoisotopic (exact) mass is 360 g/mol. The molecule has 27 heavy (non-hydrogen) atoms. The average molecular weight is 361 g/mol. The molecule has 0 radical (unpaired) electrons. The van der Waals surface area contributed by atoms with Crippen LogP contribution in [0, 0.1) is 0 Å². The summed E-state index contributed by atoms with van der Waals surface area (Å²) in [5.74, 6) is 1.04. The fourth-order valence-corrected chi connectivity index (χ4v) is 4.91. The van der Waals surface area contributed by atoms with E-state index in [1.165, 1.54) is 72.8 Å². The van der Waals surface area contributed by atoms with Gasteiger partial charge in [-0.05, 0) is 103 Å². The number of benzene rings is 2. The fourth-order valence-electron chi connectivity index (χ4n) is 4.91. The molecule has 2 aromatic rings. The molecule has 0 spiro atoms.